The lowest BCUT2D eigenvalue weighted by Gasteiger charge is -2.42. The van der Waals surface area contributed by atoms with Gasteiger partial charge in [-0.1, -0.05) is 48.4 Å². The van der Waals surface area contributed by atoms with Gasteiger partial charge < -0.3 is 19.9 Å². The van der Waals surface area contributed by atoms with E-state index in [0.717, 1.165) is 66.3 Å². The number of aromatic nitrogens is 1. The lowest BCUT2D eigenvalue weighted by molar-refractivity contribution is -0.128. The third-order valence-electron chi connectivity index (χ3n) is 8.05. The molecule has 2 N–H and O–H groups in total. The number of aromatic amines is 1. The zero-order chi connectivity index (χ0) is 25.3. The number of carbonyl (C=O) groups is 2. The zero-order valence-corrected chi connectivity index (χ0v) is 21.8. The average molecular weight is 508 g/mol. The Labute approximate surface area is 217 Å². The van der Waals surface area contributed by atoms with Gasteiger partial charge in [0, 0.05) is 25.0 Å². The quantitative estimate of drug-likeness (QED) is 0.446. The fourth-order valence-corrected chi connectivity index (χ4v) is 5.91. The molecular formula is C29H34ClN3O3. The first kappa shape index (κ1) is 24.7. The van der Waals surface area contributed by atoms with Crippen molar-refractivity contribution in [3.8, 4) is 5.75 Å². The van der Waals surface area contributed by atoms with Gasteiger partial charge in [-0.25, -0.2) is 0 Å². The van der Waals surface area contributed by atoms with Crippen molar-refractivity contribution >= 4 is 34.3 Å². The Hall–Kier alpha value is -2.99. The number of nitrogens with zero attached hydrogens (tertiary/aromatic N) is 1. The van der Waals surface area contributed by atoms with Crippen molar-refractivity contribution in [1.82, 2.24) is 15.2 Å². The Morgan fingerprint density at radius 1 is 1.08 bits per heavy atom. The number of piperidine rings is 1. The number of nitrogens with one attached hydrogen (secondary N) is 2. The van der Waals surface area contributed by atoms with Crippen LogP contribution < -0.4 is 10.1 Å². The fraction of sp³-hybridized carbons (Fsp3) is 0.448. The molecule has 2 amide bonds. The predicted octanol–water partition coefficient (Wildman–Crippen LogP) is 5.66. The summed E-state index contributed by atoms with van der Waals surface area (Å²) >= 11 is 6.36. The van der Waals surface area contributed by atoms with Gasteiger partial charge in [0.05, 0.1) is 10.5 Å². The van der Waals surface area contributed by atoms with Gasteiger partial charge in [0.15, 0.2) is 6.10 Å². The number of carbonyl (C=O) groups excluding carboxylic acids is 2. The van der Waals surface area contributed by atoms with Crippen LogP contribution in [0.15, 0.2) is 42.5 Å². The number of rotatable bonds is 1. The van der Waals surface area contributed by atoms with E-state index in [0.29, 0.717) is 30.4 Å². The monoisotopic (exact) mass is 507 g/mol. The molecule has 0 aliphatic carbocycles. The van der Waals surface area contributed by atoms with Gasteiger partial charge in [-0.3, -0.25) is 9.59 Å². The molecule has 2 aliphatic heterocycles. The number of amides is 2. The van der Waals surface area contributed by atoms with Crippen molar-refractivity contribution in [2.24, 2.45) is 5.41 Å². The third kappa shape index (κ3) is 4.83. The Bertz CT molecular complexity index is 1280. The lowest BCUT2D eigenvalue weighted by atomic mass is 9.74. The van der Waals surface area contributed by atoms with E-state index >= 15 is 0 Å². The van der Waals surface area contributed by atoms with Crippen molar-refractivity contribution < 1.29 is 14.3 Å². The van der Waals surface area contributed by atoms with Crippen molar-refractivity contribution in [2.75, 3.05) is 19.6 Å². The second kappa shape index (κ2) is 10.2. The van der Waals surface area contributed by atoms with Crippen molar-refractivity contribution in [2.45, 2.75) is 58.5 Å². The van der Waals surface area contributed by atoms with Gasteiger partial charge >= 0.3 is 0 Å². The smallest absolute Gasteiger partial charge is 0.270 e. The average Bonchev–Trinajstić information content (AvgIpc) is 3.23. The number of hydrogen-bond donors (Lipinski definition) is 2. The molecule has 1 spiro atoms. The van der Waals surface area contributed by atoms with Crippen LogP contribution in [0.4, 0.5) is 0 Å². The lowest BCUT2D eigenvalue weighted by Crippen LogP contribution is -2.49. The van der Waals surface area contributed by atoms with E-state index < -0.39 is 6.10 Å². The van der Waals surface area contributed by atoms with E-state index in [9.17, 15) is 9.59 Å². The molecule has 7 heteroatoms. The van der Waals surface area contributed by atoms with Crippen molar-refractivity contribution in [3.05, 3.63) is 64.3 Å². The van der Waals surface area contributed by atoms with Gasteiger partial charge in [-0.15, -0.1) is 0 Å². The molecule has 190 valence electrons. The molecule has 3 heterocycles. The number of fused-ring (bicyclic) bond motifs is 2. The number of ether oxygens (including phenoxy) is 1. The first-order valence-electron chi connectivity index (χ1n) is 13.0. The Kier molecular flexibility index (Phi) is 6.98. The van der Waals surface area contributed by atoms with E-state index in [-0.39, 0.29) is 17.2 Å². The fourth-order valence-electron chi connectivity index (χ4n) is 5.69. The molecule has 0 unspecified atom stereocenters. The summed E-state index contributed by atoms with van der Waals surface area (Å²) in [6, 6.07) is 13.7. The van der Waals surface area contributed by atoms with Crippen LogP contribution in [0.2, 0.25) is 5.02 Å². The highest BCUT2D eigenvalue weighted by molar-refractivity contribution is 6.35. The SMILES string of the molecule is Cc1c(C(=O)N2CCC3(CCCCc4ccccc4O[C@H](C)C(=O)NC3)CC2)[nH]c2c(Cl)cccc12. The molecule has 3 aromatic rings. The molecule has 36 heavy (non-hydrogen) atoms. The van der Waals surface area contributed by atoms with Crippen LogP contribution in [0.25, 0.3) is 10.9 Å². The Morgan fingerprint density at radius 2 is 1.86 bits per heavy atom. The summed E-state index contributed by atoms with van der Waals surface area (Å²) in [6.07, 6.45) is 5.30. The third-order valence-corrected chi connectivity index (χ3v) is 8.37. The molecular weight excluding hydrogens is 474 g/mol. The number of likely N-dealkylation sites (tertiary alicyclic amines) is 1. The van der Waals surface area contributed by atoms with Crippen molar-refractivity contribution in [1.29, 1.82) is 0 Å². The first-order chi connectivity index (χ1) is 17.4. The van der Waals surface area contributed by atoms with Gasteiger partial charge in [-0.05, 0) is 74.6 Å². The van der Waals surface area contributed by atoms with Crippen LogP contribution in [-0.2, 0) is 11.2 Å². The summed E-state index contributed by atoms with van der Waals surface area (Å²) in [7, 11) is 0. The first-order valence-corrected chi connectivity index (χ1v) is 13.3. The van der Waals surface area contributed by atoms with E-state index in [1.54, 1.807) is 6.92 Å². The molecule has 1 atom stereocenters. The van der Waals surface area contributed by atoms with E-state index in [1.165, 1.54) is 0 Å². The molecule has 0 saturated carbocycles. The van der Waals surface area contributed by atoms with E-state index in [4.69, 9.17) is 16.3 Å². The molecule has 2 aliphatic rings. The number of para-hydroxylation sites is 2. The van der Waals surface area contributed by atoms with Crippen molar-refractivity contribution in [3.63, 3.8) is 0 Å². The maximum Gasteiger partial charge on any atom is 0.270 e. The number of benzene rings is 2. The van der Waals surface area contributed by atoms with Gasteiger partial charge in [-0.2, -0.15) is 0 Å². The van der Waals surface area contributed by atoms with Crippen LogP contribution in [0, 0.1) is 12.3 Å². The Balaban J connectivity index is 1.29. The summed E-state index contributed by atoms with van der Waals surface area (Å²) in [5.41, 5.74) is 3.51. The standard InChI is InChI=1S/C29H34ClN3O3/c1-19-22-10-7-11-23(30)26(22)32-25(19)28(35)33-16-14-29(15-17-33)13-6-5-9-21-8-3-4-12-24(21)36-20(2)27(34)31-18-29/h3-4,7-8,10-12,20,32H,5-6,9,13-18H2,1-2H3,(H,31,34)/t20-/m1/s1. The molecule has 0 bridgehead atoms. The topological polar surface area (TPSA) is 74.4 Å². The molecule has 2 aromatic carbocycles. The number of aryl methyl sites for hydroxylation is 2. The molecule has 6 nitrogen and oxygen atoms in total. The highest BCUT2D eigenvalue weighted by Gasteiger charge is 2.37. The van der Waals surface area contributed by atoms with Crippen LogP contribution >= 0.6 is 11.6 Å². The number of hydrogen-bond acceptors (Lipinski definition) is 3. The maximum atomic E-state index is 13.5. The van der Waals surface area contributed by atoms with Gasteiger partial charge in [0.25, 0.3) is 11.8 Å². The summed E-state index contributed by atoms with van der Waals surface area (Å²) in [6.45, 7) is 5.74. The summed E-state index contributed by atoms with van der Waals surface area (Å²) in [5.74, 6) is 0.732. The molecule has 0 radical (unpaired) electrons. The predicted molar refractivity (Wildman–Crippen MR) is 143 cm³/mol. The van der Waals surface area contributed by atoms with E-state index in [2.05, 4.69) is 16.4 Å². The highest BCUT2D eigenvalue weighted by Crippen LogP contribution is 2.38. The van der Waals surface area contributed by atoms with Crippen LogP contribution in [0.1, 0.15) is 60.6 Å². The minimum absolute atomic E-state index is 0.0102. The van der Waals surface area contributed by atoms with Gasteiger partial charge in [0.2, 0.25) is 0 Å². The largest absolute Gasteiger partial charge is 0.481 e. The number of halogens is 1. The van der Waals surface area contributed by atoms with E-state index in [1.807, 2.05) is 48.2 Å². The summed E-state index contributed by atoms with van der Waals surface area (Å²) in [5, 5.41) is 4.77. The van der Waals surface area contributed by atoms with Crippen LogP contribution in [0.3, 0.4) is 0 Å². The maximum absolute atomic E-state index is 13.5. The normalized spacial score (nSPS) is 20.7. The number of H-pyrrole nitrogens is 1. The minimum Gasteiger partial charge on any atom is -0.481 e. The second-order valence-corrected chi connectivity index (χ2v) is 10.8. The zero-order valence-electron chi connectivity index (χ0n) is 21.0. The molecule has 1 fully saturated rings. The highest BCUT2D eigenvalue weighted by atomic mass is 35.5. The Morgan fingerprint density at radius 3 is 2.64 bits per heavy atom. The molecule has 1 saturated heterocycles. The molecule has 1 aromatic heterocycles. The van der Waals surface area contributed by atoms with Crippen LogP contribution in [-0.4, -0.2) is 47.4 Å². The summed E-state index contributed by atoms with van der Waals surface area (Å²) < 4.78 is 6.02. The molecule has 5 rings (SSSR count). The second-order valence-electron chi connectivity index (χ2n) is 10.4. The van der Waals surface area contributed by atoms with Gasteiger partial charge in [0.1, 0.15) is 11.4 Å². The minimum atomic E-state index is -0.555. The summed E-state index contributed by atoms with van der Waals surface area (Å²) in [4.78, 5) is 31.5. The van der Waals surface area contributed by atoms with Crippen LogP contribution in [0.5, 0.6) is 5.75 Å².